The molecule has 0 aromatic rings. The number of rotatable bonds is 4. The van der Waals surface area contributed by atoms with E-state index in [1.54, 1.807) is 6.92 Å². The summed E-state index contributed by atoms with van der Waals surface area (Å²) < 4.78 is 22.8. The lowest BCUT2D eigenvalue weighted by Gasteiger charge is -2.22. The highest BCUT2D eigenvalue weighted by Crippen LogP contribution is 2.21. The number of likely N-dealkylation sites (tertiary alicyclic amines) is 1. The van der Waals surface area contributed by atoms with E-state index in [1.807, 2.05) is 6.92 Å². The Morgan fingerprint density at radius 3 is 2.62 bits per heavy atom. The molecule has 1 N–H and O–H groups in total. The van der Waals surface area contributed by atoms with Crippen LogP contribution in [0.15, 0.2) is 0 Å². The summed E-state index contributed by atoms with van der Waals surface area (Å²) >= 11 is 0. The zero-order chi connectivity index (χ0) is 12.2. The van der Waals surface area contributed by atoms with Gasteiger partial charge in [0.05, 0.1) is 11.4 Å². The fourth-order valence-electron chi connectivity index (χ4n) is 1.96. The Balaban J connectivity index is 2.39. The van der Waals surface area contributed by atoms with Crippen LogP contribution in [-0.4, -0.2) is 55.2 Å². The maximum Gasteiger partial charge on any atom is 0.151 e. The van der Waals surface area contributed by atoms with Crippen LogP contribution in [0.2, 0.25) is 0 Å². The highest BCUT2D eigenvalue weighted by molar-refractivity contribution is 7.91. The standard InChI is InChI=1S/C11H23NO3S/c1-3-16(14,15)10-9-12-7-4-5-11(2,13)6-8-12/h13H,3-10H2,1-2H3. The summed E-state index contributed by atoms with van der Waals surface area (Å²) in [6.45, 7) is 5.84. The van der Waals surface area contributed by atoms with E-state index < -0.39 is 15.4 Å². The van der Waals surface area contributed by atoms with Gasteiger partial charge in [-0.1, -0.05) is 6.92 Å². The number of hydrogen-bond acceptors (Lipinski definition) is 4. The zero-order valence-electron chi connectivity index (χ0n) is 10.3. The summed E-state index contributed by atoms with van der Waals surface area (Å²) in [5, 5.41) is 9.90. The summed E-state index contributed by atoms with van der Waals surface area (Å²) in [5.74, 6) is 0.462. The molecule has 1 heterocycles. The predicted molar refractivity (Wildman–Crippen MR) is 65.2 cm³/mol. The van der Waals surface area contributed by atoms with Crippen LogP contribution in [0.1, 0.15) is 33.1 Å². The van der Waals surface area contributed by atoms with E-state index in [-0.39, 0.29) is 11.5 Å². The largest absolute Gasteiger partial charge is 0.390 e. The van der Waals surface area contributed by atoms with Gasteiger partial charge < -0.3 is 10.0 Å². The van der Waals surface area contributed by atoms with Crippen molar-refractivity contribution in [3.63, 3.8) is 0 Å². The second kappa shape index (κ2) is 5.47. The second-order valence-corrected chi connectivity index (χ2v) is 7.40. The molecule has 0 spiro atoms. The van der Waals surface area contributed by atoms with Crippen molar-refractivity contribution in [2.45, 2.75) is 38.7 Å². The first kappa shape index (κ1) is 13.9. The molecule has 0 aliphatic carbocycles. The van der Waals surface area contributed by atoms with Crippen LogP contribution in [0.3, 0.4) is 0 Å². The first-order valence-electron chi connectivity index (χ1n) is 6.00. The lowest BCUT2D eigenvalue weighted by molar-refractivity contribution is 0.0448. The fraction of sp³-hybridized carbons (Fsp3) is 1.00. The van der Waals surface area contributed by atoms with Gasteiger partial charge in [0, 0.05) is 18.8 Å². The average molecular weight is 249 g/mol. The molecule has 0 radical (unpaired) electrons. The van der Waals surface area contributed by atoms with E-state index in [0.29, 0.717) is 6.54 Å². The summed E-state index contributed by atoms with van der Waals surface area (Å²) in [6.07, 6.45) is 2.49. The van der Waals surface area contributed by atoms with Crippen molar-refractivity contribution in [3.05, 3.63) is 0 Å². The van der Waals surface area contributed by atoms with Crippen molar-refractivity contribution in [3.8, 4) is 0 Å². The minimum Gasteiger partial charge on any atom is -0.390 e. The van der Waals surface area contributed by atoms with Crippen LogP contribution in [0.5, 0.6) is 0 Å². The first-order chi connectivity index (χ1) is 7.35. The van der Waals surface area contributed by atoms with Crippen LogP contribution < -0.4 is 0 Å². The van der Waals surface area contributed by atoms with Gasteiger partial charge in [-0.15, -0.1) is 0 Å². The number of sulfone groups is 1. The topological polar surface area (TPSA) is 57.6 Å². The molecule has 1 saturated heterocycles. The zero-order valence-corrected chi connectivity index (χ0v) is 11.1. The Morgan fingerprint density at radius 2 is 2.00 bits per heavy atom. The highest BCUT2D eigenvalue weighted by atomic mass is 32.2. The van der Waals surface area contributed by atoms with Gasteiger partial charge in [-0.2, -0.15) is 0 Å². The van der Waals surface area contributed by atoms with E-state index in [4.69, 9.17) is 0 Å². The monoisotopic (exact) mass is 249 g/mol. The van der Waals surface area contributed by atoms with Gasteiger partial charge in [-0.05, 0) is 32.7 Å². The van der Waals surface area contributed by atoms with Crippen LogP contribution in [0, 0.1) is 0 Å². The molecule has 0 aromatic carbocycles. The van der Waals surface area contributed by atoms with E-state index in [0.717, 1.165) is 32.4 Å². The molecule has 1 atom stereocenters. The smallest absolute Gasteiger partial charge is 0.151 e. The molecule has 1 aliphatic rings. The van der Waals surface area contributed by atoms with Gasteiger partial charge in [0.25, 0.3) is 0 Å². The molecule has 0 amide bonds. The van der Waals surface area contributed by atoms with Crippen molar-refractivity contribution < 1.29 is 13.5 Å². The van der Waals surface area contributed by atoms with Gasteiger partial charge in [0.15, 0.2) is 9.84 Å². The lowest BCUT2D eigenvalue weighted by atomic mass is 9.98. The second-order valence-electron chi connectivity index (χ2n) is 4.93. The SMILES string of the molecule is CCS(=O)(=O)CCN1CCCC(C)(O)CC1. The molecule has 4 nitrogen and oxygen atoms in total. The minimum absolute atomic E-state index is 0.221. The van der Waals surface area contributed by atoms with Crippen LogP contribution in [0.25, 0.3) is 0 Å². The van der Waals surface area contributed by atoms with Gasteiger partial charge in [-0.3, -0.25) is 0 Å². The molecule has 5 heteroatoms. The molecule has 0 saturated carbocycles. The third-order valence-electron chi connectivity index (χ3n) is 3.31. The van der Waals surface area contributed by atoms with Crippen molar-refractivity contribution >= 4 is 9.84 Å². The Bertz CT molecular complexity index is 311. The summed E-state index contributed by atoms with van der Waals surface area (Å²) in [4.78, 5) is 2.15. The van der Waals surface area contributed by atoms with Crippen LogP contribution in [0.4, 0.5) is 0 Å². The van der Waals surface area contributed by atoms with E-state index in [2.05, 4.69) is 4.90 Å². The molecule has 1 rings (SSSR count). The molecular weight excluding hydrogens is 226 g/mol. The summed E-state index contributed by atoms with van der Waals surface area (Å²) in [5.41, 5.74) is -0.571. The molecule has 16 heavy (non-hydrogen) atoms. The molecule has 0 bridgehead atoms. The fourth-order valence-corrected chi connectivity index (χ4v) is 2.78. The Hall–Kier alpha value is -0.130. The third-order valence-corrected chi connectivity index (χ3v) is 5.00. The highest BCUT2D eigenvalue weighted by Gasteiger charge is 2.25. The van der Waals surface area contributed by atoms with Crippen molar-refractivity contribution in [2.24, 2.45) is 0 Å². The van der Waals surface area contributed by atoms with Crippen LogP contribution >= 0.6 is 0 Å². The molecular formula is C11H23NO3S. The number of nitrogens with zero attached hydrogens (tertiary/aromatic N) is 1. The predicted octanol–water partition coefficient (Wildman–Crippen LogP) is 0.658. The summed E-state index contributed by atoms with van der Waals surface area (Å²) in [7, 11) is -2.86. The van der Waals surface area contributed by atoms with E-state index >= 15 is 0 Å². The maximum absolute atomic E-state index is 11.4. The van der Waals surface area contributed by atoms with Crippen LogP contribution in [-0.2, 0) is 9.84 Å². The molecule has 0 aromatic heterocycles. The third kappa shape index (κ3) is 4.80. The molecule has 96 valence electrons. The first-order valence-corrected chi connectivity index (χ1v) is 7.82. The lowest BCUT2D eigenvalue weighted by Crippen LogP contribution is -2.32. The molecule has 1 unspecified atom stereocenters. The van der Waals surface area contributed by atoms with Gasteiger partial charge in [0.1, 0.15) is 0 Å². The van der Waals surface area contributed by atoms with Gasteiger partial charge >= 0.3 is 0 Å². The average Bonchev–Trinajstić information content (AvgIpc) is 2.37. The Kier molecular flexibility index (Phi) is 4.76. The maximum atomic E-state index is 11.4. The van der Waals surface area contributed by atoms with E-state index in [1.165, 1.54) is 0 Å². The van der Waals surface area contributed by atoms with Gasteiger partial charge in [0.2, 0.25) is 0 Å². The summed E-state index contributed by atoms with van der Waals surface area (Å²) in [6, 6.07) is 0. The van der Waals surface area contributed by atoms with Crippen molar-refractivity contribution in [1.29, 1.82) is 0 Å². The quantitative estimate of drug-likeness (QED) is 0.795. The number of hydrogen-bond donors (Lipinski definition) is 1. The Labute approximate surface area is 98.6 Å². The van der Waals surface area contributed by atoms with E-state index in [9.17, 15) is 13.5 Å². The van der Waals surface area contributed by atoms with Crippen molar-refractivity contribution in [2.75, 3.05) is 31.1 Å². The van der Waals surface area contributed by atoms with Gasteiger partial charge in [-0.25, -0.2) is 8.42 Å². The minimum atomic E-state index is -2.86. The molecule has 1 fully saturated rings. The van der Waals surface area contributed by atoms with Crippen molar-refractivity contribution in [1.82, 2.24) is 4.90 Å². The Morgan fingerprint density at radius 1 is 1.31 bits per heavy atom. The number of aliphatic hydroxyl groups is 1. The molecule has 1 aliphatic heterocycles. The normalized spacial score (nSPS) is 28.9.